The number of para-hydroxylation sites is 1. The molecular weight excluding hydrogens is 352 g/mol. The molecule has 3 aromatic rings. The predicted molar refractivity (Wildman–Crippen MR) is 112 cm³/mol. The summed E-state index contributed by atoms with van der Waals surface area (Å²) < 4.78 is 7.91. The van der Waals surface area contributed by atoms with Gasteiger partial charge in [-0.05, 0) is 36.6 Å². The maximum Gasteiger partial charge on any atom is 0.191 e. The Balaban J connectivity index is 1.55. The maximum absolute atomic E-state index is 5.96. The summed E-state index contributed by atoms with van der Waals surface area (Å²) in [6.07, 6.45) is 1.94. The number of benzene rings is 1. The Morgan fingerprint density at radius 1 is 1.11 bits per heavy atom. The van der Waals surface area contributed by atoms with Crippen LogP contribution in [0.15, 0.2) is 53.7 Å². The first-order valence-corrected chi connectivity index (χ1v) is 9.71. The quantitative estimate of drug-likeness (QED) is 0.357. The lowest BCUT2D eigenvalue weighted by molar-refractivity contribution is 0.317. The lowest BCUT2D eigenvalue weighted by Crippen LogP contribution is -2.39. The zero-order valence-electron chi connectivity index (χ0n) is 16.7. The number of nitrogens with one attached hydrogen (secondary N) is 2. The summed E-state index contributed by atoms with van der Waals surface area (Å²) in [6.45, 7) is 8.82. The van der Waals surface area contributed by atoms with Gasteiger partial charge in [0, 0.05) is 12.7 Å². The van der Waals surface area contributed by atoms with Gasteiger partial charge in [0.1, 0.15) is 18.9 Å². The molecule has 0 bridgehead atoms. The van der Waals surface area contributed by atoms with E-state index in [2.05, 4.69) is 45.7 Å². The van der Waals surface area contributed by atoms with Crippen molar-refractivity contribution < 1.29 is 4.74 Å². The van der Waals surface area contributed by atoms with Crippen molar-refractivity contribution in [1.82, 2.24) is 25.2 Å². The van der Waals surface area contributed by atoms with Crippen molar-refractivity contribution >= 4 is 11.6 Å². The van der Waals surface area contributed by atoms with Gasteiger partial charge >= 0.3 is 0 Å². The topological polar surface area (TPSA) is 75.8 Å². The minimum atomic E-state index is 0.431. The summed E-state index contributed by atoms with van der Waals surface area (Å²) in [7, 11) is 0. The summed E-state index contributed by atoms with van der Waals surface area (Å²) in [5.74, 6) is 2.91. The lowest BCUT2D eigenvalue weighted by atomic mass is 10.0. The second kappa shape index (κ2) is 9.73. The third kappa shape index (κ3) is 5.00. The van der Waals surface area contributed by atoms with Crippen LogP contribution in [0.25, 0.3) is 5.65 Å². The van der Waals surface area contributed by atoms with Crippen molar-refractivity contribution in [2.24, 2.45) is 4.99 Å². The number of nitrogens with zero attached hydrogens (tertiary/aromatic N) is 4. The minimum absolute atomic E-state index is 0.431. The number of hydrogen-bond acceptors (Lipinski definition) is 4. The fourth-order valence-corrected chi connectivity index (χ4v) is 2.91. The van der Waals surface area contributed by atoms with Crippen molar-refractivity contribution in [1.29, 1.82) is 0 Å². The molecule has 0 spiro atoms. The summed E-state index contributed by atoms with van der Waals surface area (Å²) in [4.78, 5) is 4.61. The van der Waals surface area contributed by atoms with Gasteiger partial charge in [-0.3, -0.25) is 4.40 Å². The number of ether oxygens (including phenoxy) is 1. The highest BCUT2D eigenvalue weighted by molar-refractivity contribution is 5.79. The molecule has 0 amide bonds. The van der Waals surface area contributed by atoms with E-state index >= 15 is 0 Å². The molecule has 0 unspecified atom stereocenters. The number of guanidine groups is 1. The second-order valence-electron chi connectivity index (χ2n) is 6.71. The van der Waals surface area contributed by atoms with E-state index in [1.807, 2.05) is 53.9 Å². The molecule has 1 aromatic carbocycles. The predicted octanol–water partition coefficient (Wildman–Crippen LogP) is 2.99. The third-order valence-electron chi connectivity index (χ3n) is 4.30. The average molecular weight is 380 g/mol. The van der Waals surface area contributed by atoms with Gasteiger partial charge in [-0.25, -0.2) is 4.99 Å². The molecule has 0 aliphatic rings. The number of pyridine rings is 1. The van der Waals surface area contributed by atoms with E-state index < -0.39 is 0 Å². The Hall–Kier alpha value is -3.09. The van der Waals surface area contributed by atoms with E-state index in [0.717, 1.165) is 29.7 Å². The molecule has 0 saturated carbocycles. The van der Waals surface area contributed by atoms with Gasteiger partial charge in [-0.15, -0.1) is 10.2 Å². The molecular formula is C21H28N6O. The summed E-state index contributed by atoms with van der Waals surface area (Å²) >= 11 is 0. The zero-order chi connectivity index (χ0) is 19.8. The van der Waals surface area contributed by atoms with Crippen LogP contribution in [0, 0.1) is 0 Å². The molecule has 3 rings (SSSR count). The van der Waals surface area contributed by atoms with Crippen LogP contribution in [-0.2, 0) is 6.54 Å². The maximum atomic E-state index is 5.96. The minimum Gasteiger partial charge on any atom is -0.491 e. The van der Waals surface area contributed by atoms with Crippen LogP contribution in [0.3, 0.4) is 0 Å². The largest absolute Gasteiger partial charge is 0.491 e. The van der Waals surface area contributed by atoms with Gasteiger partial charge in [0.2, 0.25) is 0 Å². The van der Waals surface area contributed by atoms with Gasteiger partial charge in [-0.1, -0.05) is 38.1 Å². The summed E-state index contributed by atoms with van der Waals surface area (Å²) in [6, 6.07) is 14.0. The molecule has 0 aliphatic carbocycles. The van der Waals surface area contributed by atoms with E-state index in [1.54, 1.807) is 0 Å². The molecule has 7 heteroatoms. The molecule has 0 aliphatic heterocycles. The third-order valence-corrected chi connectivity index (χ3v) is 4.30. The smallest absolute Gasteiger partial charge is 0.191 e. The SMILES string of the molecule is CCNC(=NCc1nnc2ccccn12)NCCOc1ccccc1C(C)C. The molecule has 0 radical (unpaired) electrons. The molecule has 0 saturated heterocycles. The van der Waals surface area contributed by atoms with Crippen LogP contribution in [0.2, 0.25) is 0 Å². The molecule has 148 valence electrons. The Labute approximate surface area is 165 Å². The molecule has 28 heavy (non-hydrogen) atoms. The Morgan fingerprint density at radius 2 is 1.93 bits per heavy atom. The first-order valence-electron chi connectivity index (χ1n) is 9.71. The van der Waals surface area contributed by atoms with Crippen LogP contribution in [-0.4, -0.2) is 40.3 Å². The number of hydrogen-bond donors (Lipinski definition) is 2. The lowest BCUT2D eigenvalue weighted by Gasteiger charge is -2.15. The van der Waals surface area contributed by atoms with Crippen LogP contribution < -0.4 is 15.4 Å². The van der Waals surface area contributed by atoms with E-state index in [4.69, 9.17) is 4.74 Å². The molecule has 0 fully saturated rings. The highest BCUT2D eigenvalue weighted by Gasteiger charge is 2.07. The molecule has 2 aromatic heterocycles. The monoisotopic (exact) mass is 380 g/mol. The van der Waals surface area contributed by atoms with Crippen molar-refractivity contribution in [3.05, 3.63) is 60.0 Å². The van der Waals surface area contributed by atoms with Gasteiger partial charge < -0.3 is 15.4 Å². The number of fused-ring (bicyclic) bond motifs is 1. The Morgan fingerprint density at radius 3 is 2.75 bits per heavy atom. The highest BCUT2D eigenvalue weighted by Crippen LogP contribution is 2.25. The molecule has 7 nitrogen and oxygen atoms in total. The fraction of sp³-hybridized carbons (Fsp3) is 0.381. The molecule has 2 heterocycles. The average Bonchev–Trinajstić information content (AvgIpc) is 3.12. The van der Waals surface area contributed by atoms with Crippen molar-refractivity contribution in [3.8, 4) is 5.75 Å². The number of aliphatic imine (C=N–C) groups is 1. The van der Waals surface area contributed by atoms with Gasteiger partial charge in [-0.2, -0.15) is 0 Å². The van der Waals surface area contributed by atoms with Gasteiger partial charge in [0.25, 0.3) is 0 Å². The van der Waals surface area contributed by atoms with Crippen molar-refractivity contribution in [2.45, 2.75) is 33.2 Å². The van der Waals surface area contributed by atoms with E-state index in [1.165, 1.54) is 5.56 Å². The first-order chi connectivity index (χ1) is 13.7. The summed E-state index contributed by atoms with van der Waals surface area (Å²) in [5.41, 5.74) is 2.05. The number of rotatable bonds is 8. The van der Waals surface area contributed by atoms with Crippen molar-refractivity contribution in [2.75, 3.05) is 19.7 Å². The van der Waals surface area contributed by atoms with E-state index in [-0.39, 0.29) is 0 Å². The van der Waals surface area contributed by atoms with E-state index in [9.17, 15) is 0 Å². The standard InChI is InChI=1S/C21H28N6O/c1-4-22-21(24-15-20-26-25-19-11-7-8-13-27(19)20)23-12-14-28-18-10-6-5-9-17(18)16(2)3/h5-11,13,16H,4,12,14-15H2,1-3H3,(H2,22,23,24). The van der Waals surface area contributed by atoms with E-state index in [0.29, 0.717) is 25.6 Å². The highest BCUT2D eigenvalue weighted by atomic mass is 16.5. The van der Waals surface area contributed by atoms with Crippen molar-refractivity contribution in [3.63, 3.8) is 0 Å². The normalized spacial score (nSPS) is 11.8. The summed E-state index contributed by atoms with van der Waals surface area (Å²) in [5, 5.41) is 14.9. The van der Waals surface area contributed by atoms with Crippen LogP contribution in [0.1, 0.15) is 38.1 Å². The van der Waals surface area contributed by atoms with Crippen LogP contribution in [0.4, 0.5) is 0 Å². The van der Waals surface area contributed by atoms with Gasteiger partial charge in [0.15, 0.2) is 17.4 Å². The molecule has 2 N–H and O–H groups in total. The zero-order valence-corrected chi connectivity index (χ0v) is 16.7. The Bertz CT molecular complexity index is 918. The first kappa shape index (κ1) is 19.7. The number of aromatic nitrogens is 3. The van der Waals surface area contributed by atoms with Gasteiger partial charge in [0.05, 0.1) is 6.54 Å². The van der Waals surface area contributed by atoms with Crippen LogP contribution >= 0.6 is 0 Å². The molecule has 0 atom stereocenters. The fourth-order valence-electron chi connectivity index (χ4n) is 2.91. The van der Waals surface area contributed by atoms with Crippen LogP contribution in [0.5, 0.6) is 5.75 Å². The Kier molecular flexibility index (Phi) is 6.84. The second-order valence-corrected chi connectivity index (χ2v) is 6.71.